The van der Waals surface area contributed by atoms with E-state index >= 15 is 0 Å². The molecule has 13 heavy (non-hydrogen) atoms. The van der Waals surface area contributed by atoms with Crippen molar-refractivity contribution in [1.82, 2.24) is 0 Å². The van der Waals surface area contributed by atoms with Gasteiger partial charge in [0, 0.05) is 12.8 Å². The molecule has 0 aromatic rings. The van der Waals surface area contributed by atoms with Crippen LogP contribution in [0.3, 0.4) is 0 Å². The fraction of sp³-hybridized carbons (Fsp3) is 0.750. The molecular weight excluding hydrogens is 172 g/mol. The fourth-order valence-electron chi connectivity index (χ4n) is 1.78. The summed E-state index contributed by atoms with van der Waals surface area (Å²) in [6.45, 7) is 0.437. The van der Waals surface area contributed by atoms with Gasteiger partial charge in [-0.1, -0.05) is 0 Å². The molecule has 2 atom stereocenters. The molecule has 0 spiro atoms. The number of carboxylic acid groups (broad SMARTS) is 1. The van der Waals surface area contributed by atoms with Gasteiger partial charge in [0.25, 0.3) is 0 Å². The van der Waals surface area contributed by atoms with Gasteiger partial charge in [0.2, 0.25) is 0 Å². The van der Waals surface area contributed by atoms with E-state index in [1.807, 2.05) is 6.07 Å². The molecule has 5 heteroatoms. The molecule has 1 rings (SSSR count). The van der Waals surface area contributed by atoms with Crippen molar-refractivity contribution in [2.45, 2.75) is 25.3 Å². The monoisotopic (exact) mass is 184 g/mol. The summed E-state index contributed by atoms with van der Waals surface area (Å²) < 4.78 is -0.719. The molecule has 1 fully saturated rings. The van der Waals surface area contributed by atoms with Crippen LogP contribution in [0.2, 0.25) is 0 Å². The Balaban J connectivity index is 2.65. The highest BCUT2D eigenvalue weighted by molar-refractivity contribution is 5.72. The van der Waals surface area contributed by atoms with E-state index < -0.39 is 16.7 Å². The van der Waals surface area contributed by atoms with Crippen LogP contribution in [0.15, 0.2) is 0 Å². The minimum Gasteiger partial charge on any atom is -0.632 e. The van der Waals surface area contributed by atoms with Crippen LogP contribution >= 0.6 is 0 Å². The van der Waals surface area contributed by atoms with Crippen LogP contribution in [-0.2, 0) is 4.79 Å². The third kappa shape index (κ3) is 1.97. The predicted molar refractivity (Wildman–Crippen MR) is 44.2 cm³/mol. The van der Waals surface area contributed by atoms with E-state index in [1.54, 1.807) is 0 Å². The number of hydrogen-bond acceptors (Lipinski definition) is 3. The molecule has 1 aliphatic heterocycles. The normalized spacial score (nSPS) is 32.8. The van der Waals surface area contributed by atoms with Gasteiger partial charge in [-0.2, -0.15) is 5.26 Å². The lowest BCUT2D eigenvalue weighted by Gasteiger charge is -2.41. The first kappa shape index (κ1) is 9.96. The number of quaternary nitrogens is 1. The van der Waals surface area contributed by atoms with Gasteiger partial charge in [-0.3, -0.25) is 0 Å². The Hall–Kier alpha value is -1.12. The van der Waals surface area contributed by atoms with E-state index in [0.717, 1.165) is 0 Å². The quantitative estimate of drug-likeness (QED) is 0.510. The molecule has 0 aromatic heterocycles. The molecule has 0 bridgehead atoms. The van der Waals surface area contributed by atoms with Gasteiger partial charge in [-0.05, 0) is 0 Å². The lowest BCUT2D eigenvalue weighted by molar-refractivity contribution is -0.883. The van der Waals surface area contributed by atoms with Crippen molar-refractivity contribution in [2.24, 2.45) is 0 Å². The third-order valence-corrected chi connectivity index (χ3v) is 2.47. The second-order valence-corrected chi connectivity index (χ2v) is 3.30. The first-order chi connectivity index (χ1) is 6.10. The molecule has 5 nitrogen and oxygen atoms in total. The summed E-state index contributed by atoms with van der Waals surface area (Å²) in [4.78, 5) is 10.7. The summed E-state index contributed by atoms with van der Waals surface area (Å²) in [5, 5.41) is 28.9. The van der Waals surface area contributed by atoms with Crippen molar-refractivity contribution in [2.75, 3.05) is 13.1 Å². The lowest BCUT2D eigenvalue weighted by Crippen LogP contribution is -2.50. The summed E-state index contributed by atoms with van der Waals surface area (Å²) in [5.74, 6) is -1.04. The molecule has 1 N–H and O–H groups in total. The van der Waals surface area contributed by atoms with Crippen LogP contribution < -0.4 is 0 Å². The highest BCUT2D eigenvalue weighted by Crippen LogP contribution is 2.26. The number of likely N-dealkylation sites (tertiary alicyclic amines) is 1. The summed E-state index contributed by atoms with van der Waals surface area (Å²) in [7, 11) is 0. The zero-order valence-electron chi connectivity index (χ0n) is 7.27. The maximum atomic E-state index is 11.8. The van der Waals surface area contributed by atoms with Gasteiger partial charge in [0.05, 0.1) is 25.6 Å². The summed E-state index contributed by atoms with van der Waals surface area (Å²) >= 11 is 0. The maximum Gasteiger partial charge on any atom is 0.362 e. The van der Waals surface area contributed by atoms with Crippen LogP contribution in [0.5, 0.6) is 0 Å². The van der Waals surface area contributed by atoms with E-state index in [9.17, 15) is 10.0 Å². The lowest BCUT2D eigenvalue weighted by atomic mass is 10.2. The number of carboxylic acids is 1. The van der Waals surface area contributed by atoms with E-state index in [2.05, 4.69) is 0 Å². The smallest absolute Gasteiger partial charge is 0.362 e. The van der Waals surface area contributed by atoms with Crippen LogP contribution in [0.4, 0.5) is 0 Å². The van der Waals surface area contributed by atoms with Crippen LogP contribution in [0.1, 0.15) is 19.3 Å². The SMILES string of the molecule is N#CCC[N+]1([O-])CCC[C@H]1C(=O)O. The van der Waals surface area contributed by atoms with Gasteiger partial charge >= 0.3 is 5.97 Å². The number of carbonyl (C=O) groups is 1. The molecule has 1 saturated heterocycles. The number of hydrogen-bond donors (Lipinski definition) is 1. The Labute approximate surface area is 76.4 Å². The van der Waals surface area contributed by atoms with Crippen molar-refractivity contribution >= 4 is 5.97 Å². The van der Waals surface area contributed by atoms with Crippen molar-refractivity contribution in [3.05, 3.63) is 5.21 Å². The number of hydroxylamine groups is 3. The van der Waals surface area contributed by atoms with Crippen molar-refractivity contribution < 1.29 is 14.5 Å². The molecule has 0 saturated carbocycles. The van der Waals surface area contributed by atoms with Gasteiger partial charge < -0.3 is 15.0 Å². The zero-order chi connectivity index (χ0) is 9.90. The number of nitrogens with zero attached hydrogens (tertiary/aromatic N) is 2. The predicted octanol–water partition coefficient (Wildman–Crippen LogP) is 0.462. The zero-order valence-corrected chi connectivity index (χ0v) is 7.27. The molecule has 72 valence electrons. The Morgan fingerprint density at radius 1 is 1.77 bits per heavy atom. The van der Waals surface area contributed by atoms with Crippen molar-refractivity contribution in [3.63, 3.8) is 0 Å². The van der Waals surface area contributed by atoms with Gasteiger partial charge in [0.1, 0.15) is 0 Å². The molecule has 0 radical (unpaired) electrons. The largest absolute Gasteiger partial charge is 0.632 e. The number of nitriles is 1. The van der Waals surface area contributed by atoms with E-state index in [1.165, 1.54) is 0 Å². The average molecular weight is 184 g/mol. The highest BCUT2D eigenvalue weighted by Gasteiger charge is 2.39. The molecule has 1 aliphatic rings. The van der Waals surface area contributed by atoms with E-state index in [4.69, 9.17) is 10.4 Å². The standard InChI is InChI=1S/C8H12N2O3/c9-4-2-6-10(13)5-1-3-7(10)8(11)12/h7H,1-3,5-6H2,(H,11,12)/t7-,10?/m0/s1. The summed E-state index contributed by atoms with van der Waals surface area (Å²) in [6, 6.07) is 1.02. The Morgan fingerprint density at radius 3 is 3.00 bits per heavy atom. The molecule has 0 amide bonds. The van der Waals surface area contributed by atoms with Crippen molar-refractivity contribution in [1.29, 1.82) is 5.26 Å². The second kappa shape index (κ2) is 3.73. The Morgan fingerprint density at radius 2 is 2.46 bits per heavy atom. The van der Waals surface area contributed by atoms with E-state index in [-0.39, 0.29) is 13.0 Å². The first-order valence-electron chi connectivity index (χ1n) is 4.28. The molecule has 1 heterocycles. The minimum atomic E-state index is -1.04. The van der Waals surface area contributed by atoms with E-state index in [0.29, 0.717) is 19.4 Å². The van der Waals surface area contributed by atoms with Gasteiger partial charge in [-0.25, -0.2) is 4.79 Å². The topological polar surface area (TPSA) is 84.1 Å². The molecule has 0 aromatic carbocycles. The third-order valence-electron chi connectivity index (χ3n) is 2.47. The average Bonchev–Trinajstić information content (AvgIpc) is 2.44. The first-order valence-corrected chi connectivity index (χ1v) is 4.28. The minimum absolute atomic E-state index is 0.105. The summed E-state index contributed by atoms with van der Waals surface area (Å²) in [6.07, 6.45) is 1.21. The second-order valence-electron chi connectivity index (χ2n) is 3.30. The van der Waals surface area contributed by atoms with Crippen molar-refractivity contribution in [3.8, 4) is 6.07 Å². The molecular formula is C8H12N2O3. The number of rotatable bonds is 3. The van der Waals surface area contributed by atoms with Gasteiger partial charge in [0.15, 0.2) is 6.04 Å². The fourth-order valence-corrected chi connectivity index (χ4v) is 1.78. The van der Waals surface area contributed by atoms with Crippen LogP contribution in [0.25, 0.3) is 0 Å². The Kier molecular flexibility index (Phi) is 2.86. The maximum absolute atomic E-state index is 11.8. The van der Waals surface area contributed by atoms with Crippen LogP contribution in [0, 0.1) is 16.5 Å². The van der Waals surface area contributed by atoms with Gasteiger partial charge in [-0.15, -0.1) is 0 Å². The molecule has 0 aliphatic carbocycles. The highest BCUT2D eigenvalue weighted by atomic mass is 16.6. The molecule has 1 unspecified atom stereocenters. The Bertz CT molecular complexity index is 248. The number of aliphatic carboxylic acids is 1. The van der Waals surface area contributed by atoms with Crippen LogP contribution in [-0.4, -0.2) is 34.9 Å². The summed E-state index contributed by atoms with van der Waals surface area (Å²) in [5.41, 5.74) is 0.